The van der Waals surface area contributed by atoms with Crippen LogP contribution < -0.4 is 0 Å². The van der Waals surface area contributed by atoms with E-state index >= 15 is 0 Å². The Morgan fingerprint density at radius 2 is 0.757 bits per heavy atom. The Balaban J connectivity index is 1.53. The van der Waals surface area contributed by atoms with E-state index in [0.29, 0.717) is 12.8 Å². The zero-order chi connectivity index (χ0) is 51.2. The molecule has 19 atom stereocenters. The van der Waals surface area contributed by atoms with Crippen LogP contribution in [0.25, 0.3) is 0 Å². The molecule has 0 saturated carbocycles. The standard InChI is InChI=1S/C49H92O21/c1-3-5-7-9-11-13-15-17-19-21-49(22-20-18-16-14-12-10-8-6-4-2,28-63-46-42(61)39(58)44(33(26-52)67-46)69-35-23-30(54)36(55)31(24-50)65-35)29-64-47-43(62)40(59)45(34(27-53)68-47)70-48-41(60)38(57)37(56)32(25-51)66-48/h30-48,50-62H,3-29H2,1-2H3/t30?,31?,32?,33?,34?,35-,36+,37-,38?,39?,40?,41?,42+,43?,44-,45-,46+,47?,48?/m1/s1. The van der Waals surface area contributed by atoms with E-state index in [0.717, 1.165) is 64.2 Å². The van der Waals surface area contributed by atoms with Crippen molar-refractivity contribution in [3.8, 4) is 0 Å². The van der Waals surface area contributed by atoms with E-state index in [1.807, 2.05) is 0 Å². The van der Waals surface area contributed by atoms with E-state index in [4.69, 9.17) is 37.9 Å². The zero-order valence-corrected chi connectivity index (χ0v) is 41.6. The third-order valence-electron chi connectivity index (χ3n) is 14.5. The molecule has 0 radical (unpaired) electrons. The lowest BCUT2D eigenvalue weighted by molar-refractivity contribution is -0.362. The van der Waals surface area contributed by atoms with Crippen LogP contribution in [0.4, 0.5) is 0 Å². The second kappa shape index (κ2) is 32.6. The van der Waals surface area contributed by atoms with Crippen molar-refractivity contribution < 1.29 is 104 Å². The molecule has 0 aromatic heterocycles. The van der Waals surface area contributed by atoms with Crippen molar-refractivity contribution in [1.29, 1.82) is 0 Å². The molecule has 0 amide bonds. The number of ether oxygens (including phenoxy) is 8. The highest BCUT2D eigenvalue weighted by Crippen LogP contribution is 2.38. The van der Waals surface area contributed by atoms with E-state index in [1.165, 1.54) is 51.4 Å². The molecular formula is C49H92O21. The van der Waals surface area contributed by atoms with Crippen molar-refractivity contribution in [2.24, 2.45) is 5.41 Å². The number of aliphatic hydroxyl groups is 13. The summed E-state index contributed by atoms with van der Waals surface area (Å²) in [7, 11) is 0. The Kier molecular flexibility index (Phi) is 28.7. The quantitative estimate of drug-likeness (QED) is 0.0381. The second-order valence-electron chi connectivity index (χ2n) is 20.2. The third-order valence-corrected chi connectivity index (χ3v) is 14.5. The van der Waals surface area contributed by atoms with Crippen LogP contribution in [0.2, 0.25) is 0 Å². The normalized spacial score (nSPS) is 37.5. The summed E-state index contributed by atoms with van der Waals surface area (Å²) in [5.41, 5.74) is -0.836. The molecule has 13 N–H and O–H groups in total. The zero-order valence-electron chi connectivity index (χ0n) is 41.6. The highest BCUT2D eigenvalue weighted by atomic mass is 16.8. The molecule has 0 aromatic rings. The van der Waals surface area contributed by atoms with Crippen LogP contribution in [-0.2, 0) is 37.9 Å². The van der Waals surface area contributed by atoms with Gasteiger partial charge in [0, 0.05) is 11.8 Å². The lowest BCUT2D eigenvalue weighted by Gasteiger charge is -2.47. The molecule has 4 fully saturated rings. The monoisotopic (exact) mass is 1020 g/mol. The van der Waals surface area contributed by atoms with Crippen LogP contribution in [0, 0.1) is 5.41 Å². The van der Waals surface area contributed by atoms with Crippen molar-refractivity contribution in [2.45, 2.75) is 265 Å². The molecule has 70 heavy (non-hydrogen) atoms. The Bertz CT molecular complexity index is 1330. The lowest BCUT2D eigenvalue weighted by atomic mass is 9.79. The smallest absolute Gasteiger partial charge is 0.187 e. The predicted octanol–water partition coefficient (Wildman–Crippen LogP) is 0.125. The lowest BCUT2D eigenvalue weighted by Crippen LogP contribution is -2.64. The summed E-state index contributed by atoms with van der Waals surface area (Å²) in [5.74, 6) is 0. The number of hydrogen-bond acceptors (Lipinski definition) is 21. The van der Waals surface area contributed by atoms with Gasteiger partial charge in [0.15, 0.2) is 25.2 Å². The largest absolute Gasteiger partial charge is 0.394 e. The second-order valence-corrected chi connectivity index (χ2v) is 20.2. The predicted molar refractivity (Wildman–Crippen MR) is 249 cm³/mol. The molecule has 4 aliphatic rings. The van der Waals surface area contributed by atoms with Gasteiger partial charge in [0.25, 0.3) is 0 Å². The number of rotatable bonds is 34. The number of unbranched alkanes of at least 4 members (excludes halogenated alkanes) is 16. The molecule has 4 aliphatic heterocycles. The molecule has 21 nitrogen and oxygen atoms in total. The summed E-state index contributed by atoms with van der Waals surface area (Å²) in [5, 5.41) is 138. The maximum absolute atomic E-state index is 11.5. The van der Waals surface area contributed by atoms with Crippen LogP contribution in [0.1, 0.15) is 149 Å². The average Bonchev–Trinajstić information content (AvgIpc) is 3.36. The first kappa shape index (κ1) is 61.7. The Hall–Kier alpha value is -0.840. The molecule has 21 heteroatoms. The van der Waals surface area contributed by atoms with E-state index in [-0.39, 0.29) is 19.6 Å². The molecule has 414 valence electrons. The summed E-state index contributed by atoms with van der Waals surface area (Å²) < 4.78 is 47.5. The summed E-state index contributed by atoms with van der Waals surface area (Å²) in [6.45, 7) is 1.39. The summed E-state index contributed by atoms with van der Waals surface area (Å²) in [4.78, 5) is 0. The van der Waals surface area contributed by atoms with Gasteiger partial charge in [-0.15, -0.1) is 0 Å². The topological polar surface area (TPSA) is 337 Å². The summed E-state index contributed by atoms with van der Waals surface area (Å²) >= 11 is 0. The minimum Gasteiger partial charge on any atom is -0.394 e. The van der Waals surface area contributed by atoms with Gasteiger partial charge in [-0.1, -0.05) is 129 Å². The van der Waals surface area contributed by atoms with Crippen LogP contribution in [0.15, 0.2) is 0 Å². The van der Waals surface area contributed by atoms with Crippen molar-refractivity contribution in [3.05, 3.63) is 0 Å². The van der Waals surface area contributed by atoms with Gasteiger partial charge in [-0.05, 0) is 12.8 Å². The van der Waals surface area contributed by atoms with Gasteiger partial charge in [-0.3, -0.25) is 0 Å². The van der Waals surface area contributed by atoms with E-state index < -0.39 is 149 Å². The van der Waals surface area contributed by atoms with Gasteiger partial charge in [-0.25, -0.2) is 0 Å². The summed E-state index contributed by atoms with van der Waals surface area (Å²) in [6.07, 6.45) is -8.71. The Labute approximate surface area is 413 Å². The Morgan fingerprint density at radius 1 is 0.386 bits per heavy atom. The molecule has 4 saturated heterocycles. The molecule has 12 unspecified atom stereocenters. The maximum Gasteiger partial charge on any atom is 0.187 e. The third kappa shape index (κ3) is 18.2. The number of hydrogen-bond donors (Lipinski definition) is 13. The van der Waals surface area contributed by atoms with Crippen LogP contribution in [0.5, 0.6) is 0 Å². The minimum absolute atomic E-state index is 0.0925. The fourth-order valence-corrected chi connectivity index (χ4v) is 9.98. The fourth-order valence-electron chi connectivity index (χ4n) is 9.98. The van der Waals surface area contributed by atoms with Crippen LogP contribution in [-0.4, -0.2) is 223 Å². The van der Waals surface area contributed by atoms with Gasteiger partial charge >= 0.3 is 0 Å². The van der Waals surface area contributed by atoms with Crippen molar-refractivity contribution >= 4 is 0 Å². The molecular weight excluding hydrogens is 925 g/mol. The SMILES string of the molecule is CCCCCCCCCCCC(CCCCCCCCCCC)(COC1OC(CO)[C@@H](OC2OC(CO)[C@@H](O)C(O)C2O)C(O)C1O)CO[C@H]1OC(CO)[C@@H](O[C@@H]2CC(O)[C@H](O)C(CO)O2)C(O)[C@@H]1O. The first-order valence-corrected chi connectivity index (χ1v) is 26.4. The van der Waals surface area contributed by atoms with Crippen molar-refractivity contribution in [2.75, 3.05) is 39.6 Å². The van der Waals surface area contributed by atoms with Gasteiger partial charge in [0.1, 0.15) is 85.5 Å². The van der Waals surface area contributed by atoms with E-state index in [1.54, 1.807) is 0 Å². The molecule has 4 rings (SSSR count). The van der Waals surface area contributed by atoms with Gasteiger partial charge < -0.3 is 104 Å². The summed E-state index contributed by atoms with van der Waals surface area (Å²) in [6, 6.07) is 0. The highest BCUT2D eigenvalue weighted by Gasteiger charge is 2.52. The molecule has 0 bridgehead atoms. The van der Waals surface area contributed by atoms with E-state index in [9.17, 15) is 66.4 Å². The minimum atomic E-state index is -1.83. The van der Waals surface area contributed by atoms with Gasteiger partial charge in [0.05, 0.1) is 45.7 Å². The fraction of sp³-hybridized carbons (Fsp3) is 1.00. The van der Waals surface area contributed by atoms with Gasteiger partial charge in [-0.2, -0.15) is 0 Å². The molecule has 0 aromatic carbocycles. The first-order valence-electron chi connectivity index (χ1n) is 26.4. The van der Waals surface area contributed by atoms with Crippen LogP contribution in [0.3, 0.4) is 0 Å². The molecule has 0 spiro atoms. The first-order chi connectivity index (χ1) is 33.7. The molecule has 0 aliphatic carbocycles. The Morgan fingerprint density at radius 3 is 1.19 bits per heavy atom. The van der Waals surface area contributed by atoms with E-state index in [2.05, 4.69) is 13.8 Å². The molecule has 4 heterocycles. The van der Waals surface area contributed by atoms with Crippen molar-refractivity contribution in [1.82, 2.24) is 0 Å². The average molecular weight is 1020 g/mol. The highest BCUT2D eigenvalue weighted by molar-refractivity contribution is 4.96. The van der Waals surface area contributed by atoms with Crippen molar-refractivity contribution in [3.63, 3.8) is 0 Å². The maximum atomic E-state index is 11.5. The van der Waals surface area contributed by atoms with Gasteiger partial charge in [0.2, 0.25) is 0 Å². The van der Waals surface area contributed by atoms with Crippen LogP contribution >= 0.6 is 0 Å². The number of aliphatic hydroxyl groups excluding tert-OH is 13.